The SMILES string of the molecule is CCCNC(c1ccc(CC)cc1)c1c(F)cccc1Cl. The summed E-state index contributed by atoms with van der Waals surface area (Å²) in [7, 11) is 0. The molecule has 3 heteroatoms. The van der Waals surface area contributed by atoms with Crippen LogP contribution in [0.15, 0.2) is 42.5 Å². The van der Waals surface area contributed by atoms with Crippen molar-refractivity contribution in [3.05, 3.63) is 70.0 Å². The number of rotatable bonds is 6. The van der Waals surface area contributed by atoms with Gasteiger partial charge in [0.05, 0.1) is 6.04 Å². The average molecular weight is 306 g/mol. The number of halogens is 2. The van der Waals surface area contributed by atoms with E-state index < -0.39 is 0 Å². The van der Waals surface area contributed by atoms with E-state index in [1.807, 2.05) is 0 Å². The van der Waals surface area contributed by atoms with Crippen LogP contribution in [0.5, 0.6) is 0 Å². The zero-order valence-electron chi connectivity index (χ0n) is 12.5. The molecule has 0 bridgehead atoms. The van der Waals surface area contributed by atoms with Crippen molar-refractivity contribution in [2.45, 2.75) is 32.7 Å². The summed E-state index contributed by atoms with van der Waals surface area (Å²) in [5.41, 5.74) is 2.83. The van der Waals surface area contributed by atoms with Crippen molar-refractivity contribution in [2.24, 2.45) is 0 Å². The molecule has 0 aliphatic heterocycles. The van der Waals surface area contributed by atoms with E-state index >= 15 is 0 Å². The first kappa shape index (κ1) is 16.0. The minimum atomic E-state index is -0.268. The van der Waals surface area contributed by atoms with Gasteiger partial charge >= 0.3 is 0 Å². The van der Waals surface area contributed by atoms with E-state index in [0.29, 0.717) is 10.6 Å². The van der Waals surface area contributed by atoms with Crippen LogP contribution in [-0.2, 0) is 6.42 Å². The Hall–Kier alpha value is -1.38. The van der Waals surface area contributed by atoms with Crippen LogP contribution >= 0.6 is 11.6 Å². The van der Waals surface area contributed by atoms with Gasteiger partial charge in [-0.1, -0.05) is 55.8 Å². The van der Waals surface area contributed by atoms with Gasteiger partial charge in [-0.2, -0.15) is 0 Å². The molecular weight excluding hydrogens is 285 g/mol. The Balaban J connectivity index is 2.41. The molecule has 0 heterocycles. The third kappa shape index (κ3) is 3.84. The van der Waals surface area contributed by atoms with Crippen LogP contribution in [0.2, 0.25) is 5.02 Å². The van der Waals surface area contributed by atoms with E-state index in [2.05, 4.69) is 43.4 Å². The van der Waals surface area contributed by atoms with Gasteiger partial charge in [0.15, 0.2) is 0 Å². The normalized spacial score (nSPS) is 12.4. The predicted octanol–water partition coefficient (Wildman–Crippen LogP) is 5.13. The summed E-state index contributed by atoms with van der Waals surface area (Å²) in [5.74, 6) is -0.268. The molecule has 1 N–H and O–H groups in total. The maximum absolute atomic E-state index is 14.2. The van der Waals surface area contributed by atoms with E-state index in [4.69, 9.17) is 11.6 Å². The first-order chi connectivity index (χ1) is 10.2. The topological polar surface area (TPSA) is 12.0 Å². The fraction of sp³-hybridized carbons (Fsp3) is 0.333. The van der Waals surface area contributed by atoms with E-state index in [1.54, 1.807) is 12.1 Å². The molecule has 0 amide bonds. The van der Waals surface area contributed by atoms with Crippen LogP contribution < -0.4 is 5.32 Å². The van der Waals surface area contributed by atoms with Crippen LogP contribution in [-0.4, -0.2) is 6.54 Å². The lowest BCUT2D eigenvalue weighted by Crippen LogP contribution is -2.24. The molecule has 0 spiro atoms. The first-order valence-electron chi connectivity index (χ1n) is 7.43. The lowest BCUT2D eigenvalue weighted by atomic mass is 9.96. The number of benzene rings is 2. The highest BCUT2D eigenvalue weighted by Gasteiger charge is 2.20. The maximum Gasteiger partial charge on any atom is 0.129 e. The Morgan fingerprint density at radius 1 is 1.10 bits per heavy atom. The summed E-state index contributed by atoms with van der Waals surface area (Å²) < 4.78 is 14.2. The van der Waals surface area contributed by atoms with E-state index in [9.17, 15) is 4.39 Å². The molecule has 0 saturated carbocycles. The third-order valence-electron chi connectivity index (χ3n) is 3.61. The summed E-state index contributed by atoms with van der Waals surface area (Å²) in [6, 6.07) is 12.9. The molecule has 1 atom stereocenters. The minimum Gasteiger partial charge on any atom is -0.306 e. The Morgan fingerprint density at radius 3 is 2.38 bits per heavy atom. The third-order valence-corrected chi connectivity index (χ3v) is 3.94. The van der Waals surface area contributed by atoms with E-state index in [1.165, 1.54) is 11.6 Å². The zero-order valence-corrected chi connectivity index (χ0v) is 13.3. The summed E-state index contributed by atoms with van der Waals surface area (Å²) in [4.78, 5) is 0. The van der Waals surface area contributed by atoms with Gasteiger partial charge in [-0.15, -0.1) is 0 Å². The van der Waals surface area contributed by atoms with Gasteiger partial charge in [0.2, 0.25) is 0 Å². The van der Waals surface area contributed by atoms with Crippen molar-refractivity contribution >= 4 is 11.6 Å². The van der Waals surface area contributed by atoms with Crippen molar-refractivity contribution in [3.8, 4) is 0 Å². The Morgan fingerprint density at radius 2 is 1.81 bits per heavy atom. The van der Waals surface area contributed by atoms with Crippen molar-refractivity contribution < 1.29 is 4.39 Å². The second kappa shape index (κ2) is 7.58. The van der Waals surface area contributed by atoms with Gasteiger partial charge in [0.1, 0.15) is 5.82 Å². The Labute approximate surface area is 131 Å². The fourth-order valence-corrected chi connectivity index (χ4v) is 2.68. The number of nitrogens with one attached hydrogen (secondary N) is 1. The monoisotopic (exact) mass is 305 g/mol. The lowest BCUT2D eigenvalue weighted by Gasteiger charge is -2.21. The number of hydrogen-bond acceptors (Lipinski definition) is 1. The summed E-state index contributed by atoms with van der Waals surface area (Å²) in [5, 5.41) is 3.86. The molecule has 112 valence electrons. The van der Waals surface area contributed by atoms with Crippen LogP contribution in [0.4, 0.5) is 4.39 Å². The molecule has 2 rings (SSSR count). The lowest BCUT2D eigenvalue weighted by molar-refractivity contribution is 0.547. The highest BCUT2D eigenvalue weighted by Crippen LogP contribution is 2.30. The van der Waals surface area contributed by atoms with Crippen LogP contribution in [0, 0.1) is 5.82 Å². The Kier molecular flexibility index (Phi) is 5.77. The molecule has 0 fully saturated rings. The van der Waals surface area contributed by atoms with Gasteiger partial charge < -0.3 is 5.32 Å². The molecule has 0 radical (unpaired) electrons. The fourth-order valence-electron chi connectivity index (χ4n) is 2.41. The second-order valence-electron chi connectivity index (χ2n) is 5.12. The average Bonchev–Trinajstić information content (AvgIpc) is 2.50. The van der Waals surface area contributed by atoms with E-state index in [-0.39, 0.29) is 11.9 Å². The smallest absolute Gasteiger partial charge is 0.129 e. The highest BCUT2D eigenvalue weighted by atomic mass is 35.5. The molecule has 0 aromatic heterocycles. The molecule has 1 nitrogen and oxygen atoms in total. The molecule has 0 saturated heterocycles. The Bertz CT molecular complexity index is 560. The molecule has 21 heavy (non-hydrogen) atoms. The zero-order chi connectivity index (χ0) is 15.2. The van der Waals surface area contributed by atoms with Gasteiger partial charge in [-0.3, -0.25) is 0 Å². The van der Waals surface area contributed by atoms with Crippen LogP contribution in [0.3, 0.4) is 0 Å². The quantitative estimate of drug-likeness (QED) is 0.780. The maximum atomic E-state index is 14.2. The number of aryl methyl sites for hydroxylation is 1. The molecule has 0 aliphatic carbocycles. The van der Waals surface area contributed by atoms with Gasteiger partial charge in [-0.25, -0.2) is 4.39 Å². The minimum absolute atomic E-state index is 0.218. The van der Waals surface area contributed by atoms with Gasteiger partial charge in [-0.05, 0) is 42.6 Å². The van der Waals surface area contributed by atoms with Gasteiger partial charge in [0.25, 0.3) is 0 Å². The highest BCUT2D eigenvalue weighted by molar-refractivity contribution is 6.31. The van der Waals surface area contributed by atoms with E-state index in [0.717, 1.165) is 24.9 Å². The van der Waals surface area contributed by atoms with Crippen molar-refractivity contribution in [2.75, 3.05) is 6.54 Å². The molecule has 2 aromatic rings. The van der Waals surface area contributed by atoms with Crippen molar-refractivity contribution in [3.63, 3.8) is 0 Å². The largest absolute Gasteiger partial charge is 0.306 e. The standard InChI is InChI=1S/C18H21ClFN/c1-3-12-21-18(14-10-8-13(4-2)9-11-14)17-15(19)6-5-7-16(17)20/h5-11,18,21H,3-4,12H2,1-2H3. The first-order valence-corrected chi connectivity index (χ1v) is 7.81. The van der Waals surface area contributed by atoms with Gasteiger partial charge in [0, 0.05) is 10.6 Å². The molecule has 1 unspecified atom stereocenters. The van der Waals surface area contributed by atoms with Crippen LogP contribution in [0.25, 0.3) is 0 Å². The number of hydrogen-bond donors (Lipinski definition) is 1. The van der Waals surface area contributed by atoms with Crippen molar-refractivity contribution in [1.82, 2.24) is 5.32 Å². The molecule has 2 aromatic carbocycles. The summed E-state index contributed by atoms with van der Waals surface area (Å²) in [6.45, 7) is 5.02. The predicted molar refractivity (Wildman–Crippen MR) is 87.4 cm³/mol. The summed E-state index contributed by atoms with van der Waals surface area (Å²) in [6.07, 6.45) is 1.98. The van der Waals surface area contributed by atoms with Crippen molar-refractivity contribution in [1.29, 1.82) is 0 Å². The second-order valence-corrected chi connectivity index (χ2v) is 5.52. The summed E-state index contributed by atoms with van der Waals surface area (Å²) >= 11 is 6.23. The molecular formula is C18H21ClFN. The van der Waals surface area contributed by atoms with Crippen LogP contribution in [0.1, 0.15) is 43.0 Å². The molecule has 0 aliphatic rings.